The van der Waals surface area contributed by atoms with Crippen LogP contribution < -0.4 is 4.31 Å². The first-order valence-electron chi connectivity index (χ1n) is 7.63. The molecule has 1 aromatic carbocycles. The van der Waals surface area contributed by atoms with E-state index in [-0.39, 0.29) is 0 Å². The summed E-state index contributed by atoms with van der Waals surface area (Å²) in [4.78, 5) is 3.51. The molecule has 0 bridgehead atoms. The molecule has 4 aromatic rings. The van der Waals surface area contributed by atoms with E-state index < -0.39 is 0 Å². The average Bonchev–Trinajstić information content (AvgIpc) is 3.34. The highest BCUT2D eigenvalue weighted by Crippen LogP contribution is 2.36. The minimum atomic E-state index is 0.489. The zero-order valence-corrected chi connectivity index (χ0v) is 16.2. The predicted molar refractivity (Wildman–Crippen MR) is 106 cm³/mol. The molecule has 5 nitrogen and oxygen atoms in total. The van der Waals surface area contributed by atoms with Gasteiger partial charge in [0.2, 0.25) is 0 Å². The Kier molecular flexibility index (Phi) is 4.76. The van der Waals surface area contributed by atoms with Crippen molar-refractivity contribution in [3.05, 3.63) is 46.8 Å². The summed E-state index contributed by atoms with van der Waals surface area (Å²) in [6, 6.07) is 12.6. The van der Waals surface area contributed by atoms with E-state index in [2.05, 4.69) is 68.3 Å². The number of hydrogen-bond donors (Lipinski definition) is 1. The zero-order valence-electron chi connectivity index (χ0n) is 13.7. The second-order valence-electron chi connectivity index (χ2n) is 5.38. The van der Waals surface area contributed by atoms with Gasteiger partial charge in [0, 0.05) is 19.5 Å². The summed E-state index contributed by atoms with van der Waals surface area (Å²) in [5.41, 5.74) is 3.23. The molecule has 128 valence electrons. The predicted octanol–water partition coefficient (Wildman–Crippen LogP) is 5.04. The lowest BCUT2D eigenvalue weighted by Crippen LogP contribution is -2.05. The Balaban J connectivity index is 1.68. The number of thiophene rings is 1. The number of nitrogens with zero attached hydrogens (tertiary/aromatic N) is 3. The smallest absolute Gasteiger partial charge is 0.164 e. The Morgan fingerprint density at radius 2 is 2.16 bits per heavy atom. The number of aromatic nitrogens is 3. The first-order chi connectivity index (χ1) is 12.2. The zero-order chi connectivity index (χ0) is 17.2. The first kappa shape index (κ1) is 16.6. The fourth-order valence-corrected chi connectivity index (χ4v) is 5.13. The quantitative estimate of drug-likeness (QED) is 0.469. The lowest BCUT2D eigenvalue weighted by Gasteiger charge is -2.17. The highest BCUT2D eigenvalue weighted by molar-refractivity contribution is 8.02. The van der Waals surface area contributed by atoms with Crippen LogP contribution in [0.3, 0.4) is 0 Å². The molecule has 4 rings (SSSR count). The number of para-hydroxylation sites is 1. The van der Waals surface area contributed by atoms with Gasteiger partial charge >= 0.3 is 0 Å². The lowest BCUT2D eigenvalue weighted by atomic mass is 10.2. The second-order valence-corrected chi connectivity index (χ2v) is 8.82. The third-order valence-electron chi connectivity index (χ3n) is 3.66. The number of methoxy groups -OCH3 is 1. The van der Waals surface area contributed by atoms with Gasteiger partial charge < -0.3 is 14.0 Å². The van der Waals surface area contributed by atoms with Gasteiger partial charge in [-0.3, -0.25) is 0 Å². The third kappa shape index (κ3) is 3.43. The van der Waals surface area contributed by atoms with Gasteiger partial charge in [-0.05, 0) is 35.5 Å². The molecule has 1 N–H and O–H groups in total. The van der Waals surface area contributed by atoms with Crippen LogP contribution in [0.25, 0.3) is 21.6 Å². The van der Waals surface area contributed by atoms with Crippen LogP contribution in [0.4, 0.5) is 5.69 Å². The Labute approximate surface area is 157 Å². The van der Waals surface area contributed by atoms with E-state index in [1.807, 2.05) is 0 Å². The molecule has 0 saturated heterocycles. The van der Waals surface area contributed by atoms with Crippen LogP contribution in [0.1, 0.15) is 5.01 Å². The highest BCUT2D eigenvalue weighted by atomic mass is 32.2. The van der Waals surface area contributed by atoms with E-state index in [9.17, 15) is 0 Å². The van der Waals surface area contributed by atoms with Gasteiger partial charge in [0.15, 0.2) is 5.01 Å². The minimum Gasteiger partial charge on any atom is -0.377 e. The Bertz CT molecular complexity index is 977. The molecule has 0 unspecified atom stereocenters. The molecule has 0 aliphatic rings. The van der Waals surface area contributed by atoms with Crippen molar-refractivity contribution >= 4 is 51.2 Å². The van der Waals surface area contributed by atoms with Crippen molar-refractivity contribution in [1.29, 1.82) is 0 Å². The molecule has 3 heterocycles. The van der Waals surface area contributed by atoms with E-state index in [4.69, 9.17) is 4.74 Å². The number of anilines is 1. The van der Waals surface area contributed by atoms with Gasteiger partial charge in [-0.25, -0.2) is 0 Å². The normalized spacial score (nSPS) is 11.3. The van der Waals surface area contributed by atoms with Crippen molar-refractivity contribution in [2.45, 2.75) is 10.8 Å². The van der Waals surface area contributed by atoms with Crippen LogP contribution in [-0.4, -0.2) is 29.3 Å². The number of rotatable bonds is 6. The SMILES string of the molecule is COCc1nnc(-c2cc3cccc(N(C)Sc4cccs4)c3[nH]2)s1. The summed E-state index contributed by atoms with van der Waals surface area (Å²) in [6.45, 7) is 0.489. The molecule has 0 fully saturated rings. The van der Waals surface area contributed by atoms with Crippen molar-refractivity contribution in [2.75, 3.05) is 18.5 Å². The summed E-state index contributed by atoms with van der Waals surface area (Å²) >= 11 is 5.02. The van der Waals surface area contributed by atoms with Crippen LogP contribution in [0, 0.1) is 0 Å². The van der Waals surface area contributed by atoms with Gasteiger partial charge in [-0.2, -0.15) is 0 Å². The van der Waals surface area contributed by atoms with Crippen LogP contribution in [0.2, 0.25) is 0 Å². The molecule has 0 amide bonds. The monoisotopic (exact) mass is 388 g/mol. The Morgan fingerprint density at radius 1 is 1.24 bits per heavy atom. The van der Waals surface area contributed by atoms with E-state index in [1.54, 1.807) is 41.7 Å². The standard InChI is InChI=1S/C17H16N4OS3/c1-21(25-15-7-4-8-23-15)13-6-3-5-11-9-12(18-16(11)13)17-20-19-14(24-17)10-22-2/h3-9,18H,10H2,1-2H3. The maximum absolute atomic E-state index is 5.13. The number of aromatic amines is 1. The lowest BCUT2D eigenvalue weighted by molar-refractivity contribution is 0.184. The second kappa shape index (κ2) is 7.17. The van der Waals surface area contributed by atoms with E-state index in [0.717, 1.165) is 32.3 Å². The van der Waals surface area contributed by atoms with Crippen molar-refractivity contribution in [3.63, 3.8) is 0 Å². The molecule has 0 atom stereocenters. The van der Waals surface area contributed by atoms with Gasteiger partial charge in [0.05, 0.1) is 27.7 Å². The van der Waals surface area contributed by atoms with Gasteiger partial charge in [0.1, 0.15) is 5.01 Å². The largest absolute Gasteiger partial charge is 0.377 e. The number of nitrogens with one attached hydrogen (secondary N) is 1. The third-order valence-corrected chi connectivity index (χ3v) is 6.55. The Hall–Kier alpha value is -1.87. The van der Waals surface area contributed by atoms with Crippen molar-refractivity contribution < 1.29 is 4.74 Å². The summed E-state index contributed by atoms with van der Waals surface area (Å²) < 4.78 is 8.57. The molecule has 0 aliphatic carbocycles. The fourth-order valence-electron chi connectivity index (χ4n) is 2.56. The van der Waals surface area contributed by atoms with E-state index >= 15 is 0 Å². The van der Waals surface area contributed by atoms with Crippen LogP contribution in [0.15, 0.2) is 46.0 Å². The average molecular weight is 389 g/mol. The summed E-state index contributed by atoms with van der Waals surface area (Å²) in [5, 5.41) is 13.5. The van der Waals surface area contributed by atoms with Gasteiger partial charge in [0.25, 0.3) is 0 Å². The number of hydrogen-bond acceptors (Lipinski definition) is 7. The molecule has 0 spiro atoms. The number of ether oxygens (including phenoxy) is 1. The maximum atomic E-state index is 5.13. The minimum absolute atomic E-state index is 0.489. The molecule has 0 radical (unpaired) electrons. The van der Waals surface area contributed by atoms with Crippen LogP contribution in [0.5, 0.6) is 0 Å². The maximum Gasteiger partial charge on any atom is 0.164 e. The molecule has 0 saturated carbocycles. The summed E-state index contributed by atoms with van der Waals surface area (Å²) in [6.07, 6.45) is 0. The molecular weight excluding hydrogens is 372 g/mol. The van der Waals surface area contributed by atoms with Crippen molar-refractivity contribution in [3.8, 4) is 10.7 Å². The number of H-pyrrole nitrogens is 1. The fraction of sp³-hybridized carbons (Fsp3) is 0.176. The molecule has 0 aliphatic heterocycles. The van der Waals surface area contributed by atoms with Crippen LogP contribution >= 0.6 is 34.6 Å². The molecule has 3 aromatic heterocycles. The Morgan fingerprint density at radius 3 is 2.96 bits per heavy atom. The van der Waals surface area contributed by atoms with Gasteiger partial charge in [-0.1, -0.05) is 29.5 Å². The number of fused-ring (bicyclic) bond motifs is 1. The summed E-state index contributed by atoms with van der Waals surface area (Å²) in [5.74, 6) is 0. The van der Waals surface area contributed by atoms with Crippen molar-refractivity contribution in [1.82, 2.24) is 15.2 Å². The van der Waals surface area contributed by atoms with Crippen LogP contribution in [-0.2, 0) is 11.3 Å². The molecule has 8 heteroatoms. The van der Waals surface area contributed by atoms with Gasteiger partial charge in [-0.15, -0.1) is 21.5 Å². The topological polar surface area (TPSA) is 54.0 Å². The van der Waals surface area contributed by atoms with Crippen molar-refractivity contribution in [2.24, 2.45) is 0 Å². The highest BCUT2D eigenvalue weighted by Gasteiger charge is 2.14. The first-order valence-corrected chi connectivity index (χ1v) is 10.1. The summed E-state index contributed by atoms with van der Waals surface area (Å²) in [7, 11) is 3.75. The van der Waals surface area contributed by atoms with E-state index in [0.29, 0.717) is 6.61 Å². The molecular formula is C17H16N4OS3. The number of benzene rings is 1. The molecule has 25 heavy (non-hydrogen) atoms. The van der Waals surface area contributed by atoms with E-state index in [1.165, 1.54) is 4.21 Å².